The number of nitrogens with two attached hydrogens (primary N) is 1. The number of amides is 1. The summed E-state index contributed by atoms with van der Waals surface area (Å²) in [5.41, 5.74) is 8.38. The first kappa shape index (κ1) is 26.5. The minimum Gasteiger partial charge on any atom is -0.400 e. The molecule has 1 amide bonds. The van der Waals surface area contributed by atoms with E-state index in [2.05, 4.69) is 26.9 Å². The predicted molar refractivity (Wildman–Crippen MR) is 139 cm³/mol. The van der Waals surface area contributed by atoms with Crippen LogP contribution in [0.4, 0.5) is 5.82 Å². The zero-order valence-corrected chi connectivity index (χ0v) is 21.1. The minimum atomic E-state index is 0.233. The summed E-state index contributed by atoms with van der Waals surface area (Å²) in [7, 11) is 1.00. The van der Waals surface area contributed by atoms with Gasteiger partial charge in [-0.1, -0.05) is 23.7 Å². The van der Waals surface area contributed by atoms with Gasteiger partial charge in [0.2, 0.25) is 5.91 Å². The molecule has 0 atom stereocenters. The largest absolute Gasteiger partial charge is 0.400 e. The molecule has 1 saturated carbocycles. The van der Waals surface area contributed by atoms with E-state index in [1.54, 1.807) is 6.20 Å². The maximum absolute atomic E-state index is 12.5. The van der Waals surface area contributed by atoms with Crippen LogP contribution < -0.4 is 5.73 Å². The number of nitrogens with zero attached hydrogens (tertiary/aromatic N) is 3. The summed E-state index contributed by atoms with van der Waals surface area (Å²) >= 11 is 5.74. The molecule has 3 fully saturated rings. The van der Waals surface area contributed by atoms with Gasteiger partial charge in [-0.2, -0.15) is 0 Å². The van der Waals surface area contributed by atoms with Gasteiger partial charge in [0.1, 0.15) is 5.82 Å². The quantitative estimate of drug-likeness (QED) is 0.653. The number of carbonyl (C=O) groups excluding carboxylic acids is 1. The number of carbonyl (C=O) groups is 1. The molecule has 0 bridgehead atoms. The van der Waals surface area contributed by atoms with E-state index >= 15 is 0 Å². The van der Waals surface area contributed by atoms with Crippen LogP contribution in [0.5, 0.6) is 0 Å². The van der Waals surface area contributed by atoms with Crippen molar-refractivity contribution in [2.75, 3.05) is 39.0 Å². The van der Waals surface area contributed by atoms with Gasteiger partial charge < -0.3 is 15.7 Å². The molecule has 186 valence electrons. The van der Waals surface area contributed by atoms with Crippen molar-refractivity contribution in [1.29, 1.82) is 0 Å². The molecule has 0 spiro atoms. The van der Waals surface area contributed by atoms with E-state index in [1.807, 2.05) is 24.3 Å². The van der Waals surface area contributed by atoms with Gasteiger partial charge in [-0.3, -0.25) is 9.69 Å². The third kappa shape index (κ3) is 8.26. The maximum atomic E-state index is 12.5. The molecule has 7 heteroatoms. The Morgan fingerprint density at radius 1 is 1.00 bits per heavy atom. The van der Waals surface area contributed by atoms with E-state index in [1.165, 1.54) is 43.2 Å². The second kappa shape index (κ2) is 13.7. The molecule has 0 unspecified atom stereocenters. The van der Waals surface area contributed by atoms with E-state index in [9.17, 15) is 4.79 Å². The second-order valence-electron chi connectivity index (χ2n) is 9.35. The number of rotatable bonds is 4. The Hall–Kier alpha value is -2.15. The molecule has 1 aromatic carbocycles. The van der Waals surface area contributed by atoms with Crippen LogP contribution in [0.3, 0.4) is 0 Å². The molecule has 1 aliphatic carbocycles. The smallest absolute Gasteiger partial charge is 0.225 e. The lowest BCUT2D eigenvalue weighted by molar-refractivity contribution is -0.138. The Bertz CT molecular complexity index is 874. The van der Waals surface area contributed by atoms with Crippen molar-refractivity contribution < 1.29 is 9.90 Å². The third-order valence-electron chi connectivity index (χ3n) is 6.77. The van der Waals surface area contributed by atoms with Crippen LogP contribution in [0.25, 0.3) is 0 Å². The zero-order valence-electron chi connectivity index (χ0n) is 20.3. The average Bonchev–Trinajstić information content (AvgIpc) is 3.73. The van der Waals surface area contributed by atoms with Crippen molar-refractivity contribution in [3.05, 3.63) is 58.7 Å². The number of piperidine rings is 2. The van der Waals surface area contributed by atoms with Crippen LogP contribution >= 0.6 is 11.6 Å². The van der Waals surface area contributed by atoms with Gasteiger partial charge in [0.05, 0.1) is 0 Å². The molecule has 1 aromatic heterocycles. The minimum absolute atomic E-state index is 0.233. The number of aromatic nitrogens is 1. The number of likely N-dealkylation sites (tertiary alicyclic amines) is 2. The lowest BCUT2D eigenvalue weighted by atomic mass is 9.94. The normalized spacial score (nSPS) is 18.9. The molecule has 0 radical (unpaired) electrons. The molecule has 5 rings (SSSR count). The van der Waals surface area contributed by atoms with Gasteiger partial charge in [0, 0.05) is 43.9 Å². The van der Waals surface area contributed by atoms with Crippen LogP contribution in [-0.2, 0) is 11.3 Å². The maximum Gasteiger partial charge on any atom is 0.225 e. The number of benzene rings is 1. The summed E-state index contributed by atoms with van der Waals surface area (Å²) in [5.74, 6) is 2.05. The molecular formula is C27H39ClN4O2. The van der Waals surface area contributed by atoms with Gasteiger partial charge >= 0.3 is 0 Å². The predicted octanol–water partition coefficient (Wildman–Crippen LogP) is 4.71. The van der Waals surface area contributed by atoms with E-state index in [0.717, 1.165) is 63.6 Å². The Balaban J connectivity index is 0.000000224. The summed E-state index contributed by atoms with van der Waals surface area (Å²) in [6.07, 6.45) is 10.1. The molecule has 34 heavy (non-hydrogen) atoms. The number of anilines is 1. The summed E-state index contributed by atoms with van der Waals surface area (Å²) in [6, 6.07) is 12.1. The zero-order chi connectivity index (χ0) is 24.3. The Morgan fingerprint density at radius 2 is 1.65 bits per heavy atom. The highest BCUT2D eigenvalue weighted by molar-refractivity contribution is 6.30. The van der Waals surface area contributed by atoms with E-state index in [4.69, 9.17) is 22.4 Å². The number of aliphatic hydroxyl groups excluding tert-OH is 1. The summed E-state index contributed by atoms with van der Waals surface area (Å²) < 4.78 is 0. The van der Waals surface area contributed by atoms with Crippen molar-refractivity contribution in [2.45, 2.75) is 57.4 Å². The topological polar surface area (TPSA) is 82.7 Å². The first-order valence-electron chi connectivity index (χ1n) is 12.5. The number of hydrogen-bond acceptors (Lipinski definition) is 5. The number of hydrogen-bond donors (Lipinski definition) is 2. The summed E-state index contributed by atoms with van der Waals surface area (Å²) in [5, 5.41) is 7.84. The van der Waals surface area contributed by atoms with E-state index in [-0.39, 0.29) is 5.92 Å². The highest BCUT2D eigenvalue weighted by atomic mass is 35.5. The van der Waals surface area contributed by atoms with Crippen molar-refractivity contribution in [3.8, 4) is 0 Å². The SMILES string of the molecule is CO.Clc1ccc(C2CC2)cc1.Nc1cc(CN2CCC(C(=O)N3CCCCC3)CC2)ccn1. The molecule has 2 saturated heterocycles. The Kier molecular flexibility index (Phi) is 10.6. The van der Waals surface area contributed by atoms with Crippen LogP contribution in [0.2, 0.25) is 5.02 Å². The lowest BCUT2D eigenvalue weighted by Crippen LogP contribution is -2.44. The van der Waals surface area contributed by atoms with Crippen LogP contribution in [-0.4, -0.2) is 59.1 Å². The summed E-state index contributed by atoms with van der Waals surface area (Å²) in [4.78, 5) is 21.1. The van der Waals surface area contributed by atoms with Gasteiger partial charge in [0.25, 0.3) is 0 Å². The van der Waals surface area contributed by atoms with E-state index in [0.29, 0.717) is 11.7 Å². The monoisotopic (exact) mass is 486 g/mol. The fourth-order valence-electron chi connectivity index (χ4n) is 4.71. The number of pyridine rings is 1. The molecular weight excluding hydrogens is 448 g/mol. The highest BCUT2D eigenvalue weighted by Gasteiger charge is 2.29. The highest BCUT2D eigenvalue weighted by Crippen LogP contribution is 2.40. The van der Waals surface area contributed by atoms with Gasteiger partial charge in [-0.05, 0) is 99.3 Å². The van der Waals surface area contributed by atoms with Gasteiger partial charge in [-0.15, -0.1) is 0 Å². The molecule has 3 N–H and O–H groups in total. The first-order valence-corrected chi connectivity index (χ1v) is 12.9. The van der Waals surface area contributed by atoms with Crippen LogP contribution in [0, 0.1) is 5.92 Å². The molecule has 2 aliphatic heterocycles. The van der Waals surface area contributed by atoms with Crippen LogP contribution in [0.15, 0.2) is 42.6 Å². The third-order valence-corrected chi connectivity index (χ3v) is 7.03. The second-order valence-corrected chi connectivity index (χ2v) is 9.79. The Labute approximate surface area is 209 Å². The first-order chi connectivity index (χ1) is 16.6. The number of aliphatic hydroxyl groups is 1. The van der Waals surface area contributed by atoms with Gasteiger partial charge in [-0.25, -0.2) is 4.98 Å². The fourth-order valence-corrected chi connectivity index (χ4v) is 4.84. The van der Waals surface area contributed by atoms with Crippen LogP contribution in [0.1, 0.15) is 62.0 Å². The van der Waals surface area contributed by atoms with Crippen molar-refractivity contribution in [1.82, 2.24) is 14.8 Å². The molecule has 3 aliphatic rings. The van der Waals surface area contributed by atoms with E-state index < -0.39 is 0 Å². The lowest BCUT2D eigenvalue weighted by Gasteiger charge is -2.35. The molecule has 2 aromatic rings. The number of nitrogen functional groups attached to an aromatic ring is 1. The van der Waals surface area contributed by atoms with Crippen molar-refractivity contribution in [3.63, 3.8) is 0 Å². The standard InChI is InChI=1S/C17H26N4O.C9H9Cl.CH4O/c18-16-12-14(4-7-19-16)13-20-10-5-15(6-11-20)17(22)21-8-2-1-3-9-21;10-9-5-3-8(4-6-9)7-1-2-7;1-2/h4,7,12,15H,1-3,5-6,8-11,13H2,(H2,18,19);3-7H,1-2H2;2H,1H3. The number of halogens is 1. The summed E-state index contributed by atoms with van der Waals surface area (Å²) in [6.45, 7) is 4.82. The van der Waals surface area contributed by atoms with Crippen molar-refractivity contribution >= 4 is 23.3 Å². The van der Waals surface area contributed by atoms with Crippen molar-refractivity contribution in [2.24, 2.45) is 5.92 Å². The average molecular weight is 487 g/mol. The fraction of sp³-hybridized carbons (Fsp3) is 0.556. The Morgan fingerprint density at radius 3 is 2.24 bits per heavy atom. The molecule has 6 nitrogen and oxygen atoms in total. The van der Waals surface area contributed by atoms with Gasteiger partial charge in [0.15, 0.2) is 0 Å². The molecule has 3 heterocycles.